The highest BCUT2D eigenvalue weighted by molar-refractivity contribution is 9.10. The first-order valence-corrected chi connectivity index (χ1v) is 13.2. The van der Waals surface area contributed by atoms with Crippen molar-refractivity contribution in [1.29, 1.82) is 0 Å². The molecular weight excluding hydrogens is 532 g/mol. The number of aromatic nitrogens is 4. The average molecular weight is 553 g/mol. The Bertz CT molecular complexity index is 1910. The van der Waals surface area contributed by atoms with Crippen LogP contribution in [0.1, 0.15) is 0 Å². The van der Waals surface area contributed by atoms with Gasteiger partial charge in [-0.25, -0.2) is 4.98 Å². The highest BCUT2D eigenvalue weighted by Gasteiger charge is 2.17. The summed E-state index contributed by atoms with van der Waals surface area (Å²) in [5.74, 6) is 1.86. The van der Waals surface area contributed by atoms with E-state index in [1.165, 1.54) is 5.56 Å². The number of hydrogen-bond donors (Lipinski definition) is 0. The third-order valence-electron chi connectivity index (χ3n) is 6.74. The molecule has 0 aliphatic heterocycles. The largest absolute Gasteiger partial charge is 0.278 e. The van der Waals surface area contributed by atoms with Crippen LogP contribution in [-0.4, -0.2) is 19.5 Å². The molecule has 5 heteroatoms. The van der Waals surface area contributed by atoms with E-state index < -0.39 is 0 Å². The Morgan fingerprint density at radius 1 is 0.447 bits per heavy atom. The summed E-state index contributed by atoms with van der Waals surface area (Å²) >= 11 is 3.66. The van der Waals surface area contributed by atoms with Crippen LogP contribution in [0.5, 0.6) is 0 Å². The third-order valence-corrected chi connectivity index (χ3v) is 7.23. The lowest BCUT2D eigenvalue weighted by Crippen LogP contribution is -2.06. The summed E-state index contributed by atoms with van der Waals surface area (Å²) in [6.45, 7) is 0. The smallest absolute Gasteiger partial charge is 0.238 e. The minimum Gasteiger partial charge on any atom is -0.278 e. The predicted octanol–water partition coefficient (Wildman–Crippen LogP) is 8.73. The number of fused-ring (bicyclic) bond motifs is 3. The van der Waals surface area contributed by atoms with Gasteiger partial charge in [-0.15, -0.1) is 0 Å². The molecule has 0 atom stereocenters. The zero-order valence-electron chi connectivity index (χ0n) is 20.3. The molecule has 0 N–H and O–H groups in total. The number of benzene rings is 5. The summed E-state index contributed by atoms with van der Waals surface area (Å²) in [6.07, 6.45) is 0. The normalized spacial score (nSPS) is 11.3. The summed E-state index contributed by atoms with van der Waals surface area (Å²) in [6, 6.07) is 43.5. The summed E-state index contributed by atoms with van der Waals surface area (Å²) < 4.78 is 3.13. The summed E-state index contributed by atoms with van der Waals surface area (Å²) in [5, 5.41) is 2.31. The van der Waals surface area contributed by atoms with Crippen LogP contribution >= 0.6 is 15.9 Å². The lowest BCUT2D eigenvalue weighted by molar-refractivity contribution is 0.953. The van der Waals surface area contributed by atoms with Gasteiger partial charge in [0.15, 0.2) is 11.6 Å². The van der Waals surface area contributed by atoms with Crippen molar-refractivity contribution >= 4 is 37.7 Å². The molecule has 0 aliphatic rings. The molecule has 38 heavy (non-hydrogen) atoms. The van der Waals surface area contributed by atoms with E-state index in [2.05, 4.69) is 111 Å². The van der Waals surface area contributed by atoms with Gasteiger partial charge in [-0.1, -0.05) is 125 Å². The van der Waals surface area contributed by atoms with Crippen molar-refractivity contribution in [3.05, 3.63) is 132 Å². The second-order valence-corrected chi connectivity index (χ2v) is 10.0. The van der Waals surface area contributed by atoms with Gasteiger partial charge in [-0.2, -0.15) is 9.97 Å². The maximum Gasteiger partial charge on any atom is 0.238 e. The Kier molecular flexibility index (Phi) is 5.56. The van der Waals surface area contributed by atoms with E-state index in [1.54, 1.807) is 0 Å². The van der Waals surface area contributed by atoms with Gasteiger partial charge in [0.05, 0.1) is 11.0 Å². The molecular formula is C33H21BrN4. The summed E-state index contributed by atoms with van der Waals surface area (Å²) in [5.41, 5.74) is 6.30. The van der Waals surface area contributed by atoms with E-state index in [9.17, 15) is 0 Å². The van der Waals surface area contributed by atoms with Crippen LogP contribution in [0.4, 0.5) is 0 Å². The standard InChI is InChI=1S/C33H21BrN4/c34-26-19-20-28-27-13-7-8-14-29(27)38(30(28)21-26)33-36-31(24-11-5-2-6-12-24)35-32(37-33)25-17-15-23(16-18-25)22-9-3-1-4-10-22/h1-21H. The van der Waals surface area contributed by atoms with Crippen LogP contribution in [-0.2, 0) is 0 Å². The molecule has 0 saturated heterocycles. The van der Waals surface area contributed by atoms with E-state index in [0.29, 0.717) is 17.6 Å². The molecule has 0 radical (unpaired) electrons. The van der Waals surface area contributed by atoms with E-state index in [4.69, 9.17) is 15.0 Å². The monoisotopic (exact) mass is 552 g/mol. The molecule has 0 saturated carbocycles. The fourth-order valence-electron chi connectivity index (χ4n) is 4.91. The minimum absolute atomic E-state index is 0.588. The molecule has 2 heterocycles. The number of para-hydroxylation sites is 1. The Morgan fingerprint density at radius 2 is 0.974 bits per heavy atom. The predicted molar refractivity (Wildman–Crippen MR) is 158 cm³/mol. The molecule has 0 unspecified atom stereocenters. The molecule has 0 spiro atoms. The number of nitrogens with zero attached hydrogens (tertiary/aromatic N) is 4. The van der Waals surface area contributed by atoms with Crippen molar-refractivity contribution in [3.8, 4) is 39.9 Å². The van der Waals surface area contributed by atoms with E-state index in [1.807, 2.05) is 36.4 Å². The molecule has 4 nitrogen and oxygen atoms in total. The second-order valence-electron chi connectivity index (χ2n) is 9.11. The van der Waals surface area contributed by atoms with Gasteiger partial charge in [-0.05, 0) is 29.3 Å². The first-order chi connectivity index (χ1) is 18.7. The Morgan fingerprint density at radius 3 is 1.68 bits per heavy atom. The van der Waals surface area contributed by atoms with E-state index in [0.717, 1.165) is 43.0 Å². The molecule has 180 valence electrons. The van der Waals surface area contributed by atoms with E-state index >= 15 is 0 Å². The Balaban J connectivity index is 1.46. The van der Waals surface area contributed by atoms with Crippen molar-refractivity contribution in [2.24, 2.45) is 0 Å². The SMILES string of the molecule is Brc1ccc2c3ccccc3n(-c3nc(-c4ccccc4)nc(-c4ccc(-c5ccccc5)cc4)n3)c2c1. The zero-order valence-corrected chi connectivity index (χ0v) is 21.9. The first-order valence-electron chi connectivity index (χ1n) is 12.4. The Hall–Kier alpha value is -4.61. The highest BCUT2D eigenvalue weighted by Crippen LogP contribution is 2.34. The van der Waals surface area contributed by atoms with Gasteiger partial charge < -0.3 is 0 Å². The fourth-order valence-corrected chi connectivity index (χ4v) is 5.26. The summed E-state index contributed by atoms with van der Waals surface area (Å²) in [4.78, 5) is 14.9. The first kappa shape index (κ1) is 22.6. The highest BCUT2D eigenvalue weighted by atomic mass is 79.9. The third kappa shape index (κ3) is 3.98. The van der Waals surface area contributed by atoms with Crippen LogP contribution < -0.4 is 0 Å². The number of halogens is 1. The lowest BCUT2D eigenvalue weighted by atomic mass is 10.0. The van der Waals surface area contributed by atoms with Crippen LogP contribution in [0.3, 0.4) is 0 Å². The maximum atomic E-state index is 5.03. The fraction of sp³-hybridized carbons (Fsp3) is 0. The van der Waals surface area contributed by atoms with Crippen molar-refractivity contribution in [1.82, 2.24) is 19.5 Å². The molecule has 7 aromatic rings. The van der Waals surface area contributed by atoms with E-state index in [-0.39, 0.29) is 0 Å². The van der Waals surface area contributed by atoms with Gasteiger partial charge in [0, 0.05) is 26.4 Å². The Labute approximate surface area is 228 Å². The van der Waals surface area contributed by atoms with Gasteiger partial charge in [0.1, 0.15) is 0 Å². The minimum atomic E-state index is 0.588. The van der Waals surface area contributed by atoms with Crippen LogP contribution in [0.15, 0.2) is 132 Å². The molecule has 0 fully saturated rings. The van der Waals surface area contributed by atoms with Gasteiger partial charge in [0.2, 0.25) is 5.95 Å². The van der Waals surface area contributed by atoms with Crippen molar-refractivity contribution in [2.45, 2.75) is 0 Å². The van der Waals surface area contributed by atoms with Crippen LogP contribution in [0.2, 0.25) is 0 Å². The molecule has 7 rings (SSSR count). The van der Waals surface area contributed by atoms with Crippen molar-refractivity contribution in [2.75, 3.05) is 0 Å². The quantitative estimate of drug-likeness (QED) is 0.219. The van der Waals surface area contributed by atoms with Crippen molar-refractivity contribution in [3.63, 3.8) is 0 Å². The van der Waals surface area contributed by atoms with Gasteiger partial charge in [0.25, 0.3) is 0 Å². The zero-order chi connectivity index (χ0) is 25.5. The van der Waals surface area contributed by atoms with Gasteiger partial charge >= 0.3 is 0 Å². The average Bonchev–Trinajstić information content (AvgIpc) is 3.31. The second kappa shape index (κ2) is 9.36. The topological polar surface area (TPSA) is 43.6 Å². The maximum absolute atomic E-state index is 5.03. The van der Waals surface area contributed by atoms with Crippen LogP contribution in [0, 0.1) is 0 Å². The summed E-state index contributed by atoms with van der Waals surface area (Å²) in [7, 11) is 0. The molecule has 5 aromatic carbocycles. The number of rotatable bonds is 4. The van der Waals surface area contributed by atoms with Crippen LogP contribution in [0.25, 0.3) is 61.7 Å². The lowest BCUT2D eigenvalue weighted by Gasteiger charge is -2.11. The molecule has 0 amide bonds. The molecule has 2 aromatic heterocycles. The molecule has 0 bridgehead atoms. The van der Waals surface area contributed by atoms with Crippen molar-refractivity contribution < 1.29 is 0 Å². The molecule has 0 aliphatic carbocycles. The van der Waals surface area contributed by atoms with Gasteiger partial charge in [-0.3, -0.25) is 4.57 Å². The number of hydrogen-bond acceptors (Lipinski definition) is 3.